The maximum absolute atomic E-state index is 11.4. The highest BCUT2D eigenvalue weighted by Gasteiger charge is 2.14. The fourth-order valence-corrected chi connectivity index (χ4v) is 2.80. The average Bonchev–Trinajstić information content (AvgIpc) is 2.86. The fraction of sp³-hybridized carbons (Fsp3) is 0.214. The van der Waals surface area contributed by atoms with Crippen molar-refractivity contribution >= 4 is 39.7 Å². The van der Waals surface area contributed by atoms with Gasteiger partial charge in [-0.05, 0) is 58.4 Å². The highest BCUT2D eigenvalue weighted by molar-refractivity contribution is 9.10. The van der Waals surface area contributed by atoms with Gasteiger partial charge in [0.2, 0.25) is 5.89 Å². The lowest BCUT2D eigenvalue weighted by Gasteiger charge is -2.06. The van der Waals surface area contributed by atoms with Crippen LogP contribution in [0.2, 0.25) is 0 Å². The van der Waals surface area contributed by atoms with Crippen LogP contribution < -0.4 is 4.74 Å². The van der Waals surface area contributed by atoms with Crippen LogP contribution in [0.15, 0.2) is 37.2 Å². The lowest BCUT2D eigenvalue weighted by molar-refractivity contribution is -0.131. The molecule has 0 amide bonds. The summed E-state index contributed by atoms with van der Waals surface area (Å²) < 4.78 is 11.4. The summed E-state index contributed by atoms with van der Waals surface area (Å²) in [5.74, 6) is 0.0265. The Kier molecular flexibility index (Phi) is 5.62. The van der Waals surface area contributed by atoms with Crippen molar-refractivity contribution in [2.75, 3.05) is 6.61 Å². The van der Waals surface area contributed by atoms with E-state index in [0.717, 1.165) is 21.8 Å². The molecule has 0 saturated carbocycles. The molecule has 2 rings (SSSR count). The Labute approximate surface area is 139 Å². The van der Waals surface area contributed by atoms with E-state index in [1.807, 2.05) is 6.92 Å². The zero-order chi connectivity index (χ0) is 16.1. The second kappa shape index (κ2) is 7.46. The molecule has 0 aliphatic heterocycles. The van der Waals surface area contributed by atoms with Gasteiger partial charge in [-0.25, -0.2) is 4.79 Å². The SMILES string of the molecule is CCOc1ccc(/C=C(\Sc2nnc(C)o2)C(=O)O)cc1Br. The quantitative estimate of drug-likeness (QED) is 0.599. The van der Waals surface area contributed by atoms with Gasteiger partial charge in [0.05, 0.1) is 11.1 Å². The number of benzene rings is 1. The number of aromatic nitrogens is 2. The molecule has 6 nitrogen and oxygen atoms in total. The largest absolute Gasteiger partial charge is 0.493 e. The third-order valence-electron chi connectivity index (χ3n) is 2.47. The molecule has 1 aromatic carbocycles. The number of ether oxygens (including phenoxy) is 1. The van der Waals surface area contributed by atoms with Crippen molar-refractivity contribution in [3.05, 3.63) is 39.0 Å². The number of carboxylic acid groups (broad SMARTS) is 1. The third kappa shape index (κ3) is 4.35. The number of aliphatic carboxylic acids is 1. The van der Waals surface area contributed by atoms with E-state index in [1.54, 1.807) is 25.1 Å². The van der Waals surface area contributed by atoms with Crippen LogP contribution in [0.25, 0.3) is 6.08 Å². The number of nitrogens with zero attached hydrogens (tertiary/aromatic N) is 2. The van der Waals surface area contributed by atoms with E-state index in [2.05, 4.69) is 26.1 Å². The van der Waals surface area contributed by atoms with E-state index in [4.69, 9.17) is 9.15 Å². The molecule has 0 bridgehead atoms. The molecule has 0 aliphatic rings. The minimum Gasteiger partial charge on any atom is -0.493 e. The molecule has 0 spiro atoms. The van der Waals surface area contributed by atoms with Gasteiger partial charge < -0.3 is 14.3 Å². The molecule has 1 heterocycles. The average molecular weight is 385 g/mol. The van der Waals surface area contributed by atoms with Gasteiger partial charge >= 0.3 is 5.97 Å². The molecule has 0 saturated heterocycles. The first-order valence-corrected chi connectivity index (χ1v) is 7.96. The number of carboxylic acids is 1. The van der Waals surface area contributed by atoms with Crippen molar-refractivity contribution < 1.29 is 19.1 Å². The van der Waals surface area contributed by atoms with Gasteiger partial charge in [0.1, 0.15) is 10.7 Å². The first-order valence-electron chi connectivity index (χ1n) is 6.35. The lowest BCUT2D eigenvalue weighted by atomic mass is 10.2. The molecule has 0 aliphatic carbocycles. The van der Waals surface area contributed by atoms with Gasteiger partial charge in [-0.2, -0.15) is 0 Å². The van der Waals surface area contributed by atoms with Crippen molar-refractivity contribution in [1.82, 2.24) is 10.2 Å². The molecule has 1 aromatic heterocycles. The molecular formula is C14H13BrN2O4S. The number of carbonyl (C=O) groups is 1. The molecule has 1 N–H and O–H groups in total. The first-order chi connectivity index (χ1) is 10.5. The maximum atomic E-state index is 11.4. The molecular weight excluding hydrogens is 372 g/mol. The molecule has 0 fully saturated rings. The Balaban J connectivity index is 2.26. The second-order valence-electron chi connectivity index (χ2n) is 4.13. The van der Waals surface area contributed by atoms with Gasteiger partial charge in [-0.15, -0.1) is 10.2 Å². The Morgan fingerprint density at radius 3 is 2.82 bits per heavy atom. The number of hydrogen-bond acceptors (Lipinski definition) is 6. The van der Waals surface area contributed by atoms with Crippen molar-refractivity contribution in [2.45, 2.75) is 19.1 Å². The highest BCUT2D eigenvalue weighted by Crippen LogP contribution is 2.30. The first kappa shape index (κ1) is 16.6. The summed E-state index contributed by atoms with van der Waals surface area (Å²) in [4.78, 5) is 11.4. The molecule has 116 valence electrons. The summed E-state index contributed by atoms with van der Waals surface area (Å²) in [5, 5.41) is 16.9. The normalized spacial score (nSPS) is 11.5. The van der Waals surface area contributed by atoms with Gasteiger partial charge in [-0.1, -0.05) is 6.07 Å². The highest BCUT2D eigenvalue weighted by atomic mass is 79.9. The zero-order valence-electron chi connectivity index (χ0n) is 11.9. The molecule has 8 heteroatoms. The van der Waals surface area contributed by atoms with E-state index in [-0.39, 0.29) is 10.1 Å². The smallest absolute Gasteiger partial charge is 0.342 e. The number of thioether (sulfide) groups is 1. The van der Waals surface area contributed by atoms with Gasteiger partial charge in [-0.3, -0.25) is 0 Å². The standard InChI is InChI=1S/C14H13BrN2O4S/c1-3-20-11-5-4-9(6-10(11)15)7-12(13(18)19)22-14-17-16-8(2)21-14/h4-7H,3H2,1-2H3,(H,18,19)/b12-7-. The number of rotatable bonds is 6. The summed E-state index contributed by atoms with van der Waals surface area (Å²) in [6.45, 7) is 4.09. The summed E-state index contributed by atoms with van der Waals surface area (Å²) in [7, 11) is 0. The van der Waals surface area contributed by atoms with Crippen LogP contribution in [0.4, 0.5) is 0 Å². The van der Waals surface area contributed by atoms with E-state index in [0.29, 0.717) is 18.2 Å². The number of aryl methyl sites for hydroxylation is 1. The monoisotopic (exact) mass is 384 g/mol. The minimum atomic E-state index is -1.06. The minimum absolute atomic E-state index is 0.0831. The van der Waals surface area contributed by atoms with E-state index in [1.165, 1.54) is 6.08 Å². The van der Waals surface area contributed by atoms with Crippen LogP contribution in [0.5, 0.6) is 5.75 Å². The van der Waals surface area contributed by atoms with Crippen LogP contribution in [0.1, 0.15) is 18.4 Å². The molecule has 0 radical (unpaired) electrons. The molecule has 2 aromatic rings. The second-order valence-corrected chi connectivity index (χ2v) is 5.97. The zero-order valence-corrected chi connectivity index (χ0v) is 14.3. The van der Waals surface area contributed by atoms with Crippen LogP contribution in [0, 0.1) is 6.92 Å². The number of hydrogen-bond donors (Lipinski definition) is 1. The van der Waals surface area contributed by atoms with Crippen LogP contribution in [-0.2, 0) is 4.79 Å². The predicted octanol–water partition coefficient (Wildman–Crippen LogP) is 3.76. The van der Waals surface area contributed by atoms with E-state index >= 15 is 0 Å². The number of halogens is 1. The molecule has 22 heavy (non-hydrogen) atoms. The predicted molar refractivity (Wildman–Crippen MR) is 85.8 cm³/mol. The van der Waals surface area contributed by atoms with Crippen LogP contribution in [-0.4, -0.2) is 27.9 Å². The molecule has 0 unspecified atom stereocenters. The Bertz CT molecular complexity index is 715. The van der Waals surface area contributed by atoms with Gasteiger partial charge in [0, 0.05) is 6.92 Å². The Morgan fingerprint density at radius 2 is 2.27 bits per heavy atom. The lowest BCUT2D eigenvalue weighted by Crippen LogP contribution is -1.97. The van der Waals surface area contributed by atoms with Gasteiger partial charge in [0.15, 0.2) is 0 Å². The van der Waals surface area contributed by atoms with Crippen molar-refractivity contribution in [2.24, 2.45) is 0 Å². The fourth-order valence-electron chi connectivity index (χ4n) is 1.58. The molecule has 0 atom stereocenters. The van der Waals surface area contributed by atoms with E-state index in [9.17, 15) is 9.90 Å². The maximum Gasteiger partial charge on any atom is 0.342 e. The summed E-state index contributed by atoms with van der Waals surface area (Å²) in [6, 6.07) is 5.34. The summed E-state index contributed by atoms with van der Waals surface area (Å²) >= 11 is 4.30. The summed E-state index contributed by atoms with van der Waals surface area (Å²) in [6.07, 6.45) is 1.53. The topological polar surface area (TPSA) is 85.5 Å². The summed E-state index contributed by atoms with van der Waals surface area (Å²) in [5.41, 5.74) is 0.719. The van der Waals surface area contributed by atoms with E-state index < -0.39 is 5.97 Å². The third-order valence-corrected chi connectivity index (χ3v) is 3.94. The van der Waals surface area contributed by atoms with Crippen LogP contribution >= 0.6 is 27.7 Å². The Morgan fingerprint density at radius 1 is 1.50 bits per heavy atom. The van der Waals surface area contributed by atoms with Crippen LogP contribution in [0.3, 0.4) is 0 Å². The van der Waals surface area contributed by atoms with Crippen molar-refractivity contribution in [3.63, 3.8) is 0 Å². The van der Waals surface area contributed by atoms with Crippen molar-refractivity contribution in [3.8, 4) is 5.75 Å². The van der Waals surface area contributed by atoms with Gasteiger partial charge in [0.25, 0.3) is 5.22 Å². The van der Waals surface area contributed by atoms with Crippen molar-refractivity contribution in [1.29, 1.82) is 0 Å². The Hall–Kier alpha value is -1.80.